The van der Waals surface area contributed by atoms with Gasteiger partial charge < -0.3 is 5.32 Å². The van der Waals surface area contributed by atoms with E-state index in [1.54, 1.807) is 0 Å². The molecule has 1 atom stereocenters. The molecule has 2 nitrogen and oxygen atoms in total. The highest BCUT2D eigenvalue weighted by molar-refractivity contribution is 5.97. The fourth-order valence-corrected chi connectivity index (χ4v) is 5.68. The Kier molecular flexibility index (Phi) is 5.00. The van der Waals surface area contributed by atoms with Gasteiger partial charge in [-0.25, -0.2) is 4.98 Å². The Bertz CT molecular complexity index is 1570. The van der Waals surface area contributed by atoms with Gasteiger partial charge in [-0.15, -0.1) is 0 Å². The molecule has 35 heavy (non-hydrogen) atoms. The van der Waals surface area contributed by atoms with Gasteiger partial charge in [0.25, 0.3) is 0 Å². The van der Waals surface area contributed by atoms with E-state index in [1.807, 2.05) is 6.92 Å². The first kappa shape index (κ1) is 21.6. The molecule has 6 rings (SSSR count). The Balaban J connectivity index is 1.42. The molecule has 0 spiro atoms. The number of benzene rings is 3. The van der Waals surface area contributed by atoms with Gasteiger partial charge in [0.15, 0.2) is 0 Å². The lowest BCUT2D eigenvalue weighted by Gasteiger charge is -2.26. The summed E-state index contributed by atoms with van der Waals surface area (Å²) in [6, 6.07) is 24.5. The third-order valence-corrected chi connectivity index (χ3v) is 7.58. The van der Waals surface area contributed by atoms with Crippen LogP contribution in [0.4, 0.5) is 5.69 Å². The van der Waals surface area contributed by atoms with Gasteiger partial charge in [0.2, 0.25) is 0 Å². The monoisotopic (exact) mass is 454 g/mol. The normalized spacial score (nSPS) is 17.8. The molecule has 2 aliphatic rings. The van der Waals surface area contributed by atoms with Crippen LogP contribution in [0.2, 0.25) is 0 Å². The van der Waals surface area contributed by atoms with Crippen LogP contribution in [0.3, 0.4) is 0 Å². The number of aromatic nitrogens is 1. The minimum atomic E-state index is -0.00291. The van der Waals surface area contributed by atoms with Gasteiger partial charge in [-0.05, 0) is 58.9 Å². The van der Waals surface area contributed by atoms with E-state index < -0.39 is 0 Å². The van der Waals surface area contributed by atoms with Crippen molar-refractivity contribution in [2.24, 2.45) is 0 Å². The van der Waals surface area contributed by atoms with E-state index in [0.717, 1.165) is 27.9 Å². The van der Waals surface area contributed by atoms with Crippen LogP contribution in [0.25, 0.3) is 33.7 Å². The topological polar surface area (TPSA) is 24.9 Å². The zero-order valence-corrected chi connectivity index (χ0v) is 20.8. The molecule has 1 aliphatic heterocycles. The Morgan fingerprint density at radius 3 is 2.54 bits per heavy atom. The average Bonchev–Trinajstić information content (AvgIpc) is 3.13. The predicted molar refractivity (Wildman–Crippen MR) is 150 cm³/mol. The van der Waals surface area contributed by atoms with E-state index in [1.165, 1.54) is 33.4 Å². The van der Waals surface area contributed by atoms with Crippen molar-refractivity contribution in [2.45, 2.75) is 39.2 Å². The van der Waals surface area contributed by atoms with Crippen molar-refractivity contribution < 1.29 is 0 Å². The lowest BCUT2D eigenvalue weighted by Crippen LogP contribution is -2.17. The molecule has 0 radical (unpaired) electrons. The standard InChI is InChI=1S/C33H30N2/c1-5-9-21(6-2)29-18-15-22-12-13-23-16-19-30(35-32(23)31(22)34-29)24-14-17-26-25-10-7-8-11-27(25)33(3,4)28(26)20-24/h5-20,30,35H,1-4H3. The number of nitrogens with one attached hydrogen (secondary N) is 1. The fraction of sp³-hybridized carbons (Fsp3) is 0.182. The number of fused-ring (bicyclic) bond motifs is 6. The zero-order chi connectivity index (χ0) is 24.2. The molecule has 0 amide bonds. The zero-order valence-electron chi connectivity index (χ0n) is 20.8. The summed E-state index contributed by atoms with van der Waals surface area (Å²) in [5.41, 5.74) is 12.2. The van der Waals surface area contributed by atoms with Crippen molar-refractivity contribution in [1.29, 1.82) is 0 Å². The number of anilines is 1. The Hall–Kier alpha value is -3.91. The highest BCUT2D eigenvalue weighted by atomic mass is 14.9. The quantitative estimate of drug-likeness (QED) is 0.313. The molecule has 0 fully saturated rings. The molecule has 1 N–H and O–H groups in total. The van der Waals surface area contributed by atoms with Crippen molar-refractivity contribution in [2.75, 3.05) is 5.32 Å². The van der Waals surface area contributed by atoms with Gasteiger partial charge in [0.05, 0.1) is 22.9 Å². The van der Waals surface area contributed by atoms with E-state index in [9.17, 15) is 0 Å². The first-order valence-corrected chi connectivity index (χ1v) is 12.4. The van der Waals surface area contributed by atoms with Crippen LogP contribution in [-0.4, -0.2) is 4.98 Å². The number of pyridine rings is 1. The van der Waals surface area contributed by atoms with Crippen LogP contribution in [-0.2, 0) is 5.41 Å². The molecule has 1 aromatic heterocycles. The first-order chi connectivity index (χ1) is 17.0. The van der Waals surface area contributed by atoms with E-state index >= 15 is 0 Å². The van der Waals surface area contributed by atoms with Crippen molar-refractivity contribution in [1.82, 2.24) is 4.98 Å². The minimum Gasteiger partial charge on any atom is -0.372 e. The lowest BCUT2D eigenvalue weighted by atomic mass is 9.81. The molecular weight excluding hydrogens is 424 g/mol. The summed E-state index contributed by atoms with van der Waals surface area (Å²) < 4.78 is 0. The SMILES string of the molecule is CC=CC(=CC)c1ccc2ccc3c(c2n1)NC(c1ccc2c(c1)C(C)(C)c1ccccc1-2)C=C3. The Morgan fingerprint density at radius 2 is 1.71 bits per heavy atom. The second-order valence-corrected chi connectivity index (χ2v) is 10.00. The van der Waals surface area contributed by atoms with Crippen molar-refractivity contribution in [3.8, 4) is 11.1 Å². The van der Waals surface area contributed by atoms with Crippen LogP contribution < -0.4 is 5.32 Å². The van der Waals surface area contributed by atoms with Gasteiger partial charge in [0.1, 0.15) is 0 Å². The molecule has 172 valence electrons. The molecule has 0 saturated carbocycles. The summed E-state index contributed by atoms with van der Waals surface area (Å²) >= 11 is 0. The van der Waals surface area contributed by atoms with Gasteiger partial charge in [-0.1, -0.05) is 105 Å². The third kappa shape index (κ3) is 3.36. The summed E-state index contributed by atoms with van der Waals surface area (Å²) in [5.74, 6) is 0. The minimum absolute atomic E-state index is 0.00291. The summed E-state index contributed by atoms with van der Waals surface area (Å²) in [5, 5.41) is 4.97. The van der Waals surface area contributed by atoms with E-state index in [-0.39, 0.29) is 11.5 Å². The highest BCUT2D eigenvalue weighted by Crippen LogP contribution is 2.49. The van der Waals surface area contributed by atoms with Gasteiger partial charge in [-0.2, -0.15) is 0 Å². The second-order valence-electron chi connectivity index (χ2n) is 10.00. The highest BCUT2D eigenvalue weighted by Gasteiger charge is 2.35. The average molecular weight is 455 g/mol. The van der Waals surface area contributed by atoms with E-state index in [4.69, 9.17) is 4.98 Å². The molecule has 2 heterocycles. The van der Waals surface area contributed by atoms with Gasteiger partial charge in [-0.3, -0.25) is 0 Å². The summed E-state index contributed by atoms with van der Waals surface area (Å²) in [7, 11) is 0. The summed E-state index contributed by atoms with van der Waals surface area (Å²) in [6.07, 6.45) is 10.8. The predicted octanol–water partition coefficient (Wildman–Crippen LogP) is 8.70. The smallest absolute Gasteiger partial charge is 0.0947 e. The van der Waals surface area contributed by atoms with Gasteiger partial charge in [0, 0.05) is 10.8 Å². The van der Waals surface area contributed by atoms with Crippen LogP contribution in [0, 0.1) is 0 Å². The Morgan fingerprint density at radius 1 is 0.914 bits per heavy atom. The molecule has 1 aliphatic carbocycles. The maximum atomic E-state index is 5.10. The molecule has 2 heteroatoms. The summed E-state index contributed by atoms with van der Waals surface area (Å²) in [6.45, 7) is 8.78. The van der Waals surface area contributed by atoms with Crippen LogP contribution in [0.1, 0.15) is 61.7 Å². The number of rotatable bonds is 3. The summed E-state index contributed by atoms with van der Waals surface area (Å²) in [4.78, 5) is 5.10. The van der Waals surface area contributed by atoms with Crippen molar-refractivity contribution in [3.05, 3.63) is 119 Å². The maximum absolute atomic E-state index is 5.10. The van der Waals surface area contributed by atoms with E-state index in [0.29, 0.717) is 0 Å². The molecular formula is C33H30N2. The molecule has 4 aromatic rings. The number of hydrogen-bond acceptors (Lipinski definition) is 2. The fourth-order valence-electron chi connectivity index (χ4n) is 5.68. The third-order valence-electron chi connectivity index (χ3n) is 7.58. The second kappa shape index (κ2) is 8.09. The van der Waals surface area contributed by atoms with Crippen molar-refractivity contribution >= 4 is 28.2 Å². The maximum Gasteiger partial charge on any atom is 0.0947 e. The lowest BCUT2D eigenvalue weighted by molar-refractivity contribution is 0.659. The largest absolute Gasteiger partial charge is 0.372 e. The molecule has 1 unspecified atom stereocenters. The molecule has 0 bridgehead atoms. The molecule has 0 saturated heterocycles. The first-order valence-electron chi connectivity index (χ1n) is 12.4. The van der Waals surface area contributed by atoms with Gasteiger partial charge >= 0.3 is 0 Å². The Labute approximate surface area is 207 Å². The van der Waals surface area contributed by atoms with Crippen LogP contribution in [0.5, 0.6) is 0 Å². The van der Waals surface area contributed by atoms with Crippen molar-refractivity contribution in [3.63, 3.8) is 0 Å². The number of hydrogen-bond donors (Lipinski definition) is 1. The van der Waals surface area contributed by atoms with Crippen LogP contribution in [0.15, 0.2) is 91.0 Å². The van der Waals surface area contributed by atoms with E-state index in [2.05, 4.69) is 123 Å². The number of allylic oxidation sites excluding steroid dienone is 4. The molecule has 3 aromatic carbocycles. The number of nitrogens with zero attached hydrogens (tertiary/aromatic N) is 1. The van der Waals surface area contributed by atoms with Crippen LogP contribution >= 0.6 is 0 Å².